The van der Waals surface area contributed by atoms with E-state index in [1.165, 1.54) is 0 Å². The third kappa shape index (κ3) is 5.30. The van der Waals surface area contributed by atoms with Crippen molar-refractivity contribution in [2.75, 3.05) is 7.11 Å². The molecule has 0 saturated carbocycles. The highest BCUT2D eigenvalue weighted by molar-refractivity contribution is 5.84. The summed E-state index contributed by atoms with van der Waals surface area (Å²) in [4.78, 5) is 22.9. The molecule has 5 nitrogen and oxygen atoms in total. The Labute approximate surface area is 118 Å². The number of methoxy groups -OCH3 is 1. The summed E-state index contributed by atoms with van der Waals surface area (Å²) >= 11 is 0. The monoisotopic (exact) mass is 279 g/mol. The second kappa shape index (κ2) is 7.53. The van der Waals surface area contributed by atoms with Crippen LogP contribution in [0, 0.1) is 5.92 Å². The lowest BCUT2D eigenvalue weighted by atomic mass is 10.0. The van der Waals surface area contributed by atoms with E-state index in [9.17, 15) is 9.59 Å². The zero-order chi connectivity index (χ0) is 15.1. The molecule has 0 fully saturated rings. The molecule has 0 unspecified atom stereocenters. The van der Waals surface area contributed by atoms with E-state index < -0.39 is 12.0 Å². The number of hydrogen-bond acceptors (Lipinski definition) is 3. The average Bonchev–Trinajstić information content (AvgIpc) is 2.38. The van der Waals surface area contributed by atoms with Gasteiger partial charge in [-0.1, -0.05) is 26.0 Å². The summed E-state index contributed by atoms with van der Waals surface area (Å²) in [6, 6.07) is 6.28. The van der Waals surface area contributed by atoms with Gasteiger partial charge in [0.2, 0.25) is 5.91 Å². The lowest BCUT2D eigenvalue weighted by molar-refractivity contribution is -0.142. The van der Waals surface area contributed by atoms with Gasteiger partial charge in [0.05, 0.1) is 13.5 Å². The van der Waals surface area contributed by atoms with Gasteiger partial charge in [-0.25, -0.2) is 4.79 Å². The molecule has 0 aromatic heterocycles. The third-order valence-electron chi connectivity index (χ3n) is 2.86. The van der Waals surface area contributed by atoms with Crippen LogP contribution in [0.1, 0.15) is 25.8 Å². The van der Waals surface area contributed by atoms with E-state index in [4.69, 9.17) is 9.84 Å². The maximum atomic E-state index is 11.9. The molecule has 0 aliphatic heterocycles. The zero-order valence-corrected chi connectivity index (χ0v) is 12.1. The number of rotatable bonds is 7. The Morgan fingerprint density at radius 2 is 1.85 bits per heavy atom. The van der Waals surface area contributed by atoms with Crippen LogP contribution in [0.5, 0.6) is 5.75 Å². The van der Waals surface area contributed by atoms with Gasteiger partial charge >= 0.3 is 5.97 Å². The van der Waals surface area contributed by atoms with Gasteiger partial charge in [-0.2, -0.15) is 0 Å². The van der Waals surface area contributed by atoms with Crippen LogP contribution in [0.4, 0.5) is 0 Å². The Kier molecular flexibility index (Phi) is 6.03. The standard InChI is InChI=1S/C15H21NO4/c1-10(2)8-13(15(18)19)16-14(17)9-11-4-6-12(20-3)7-5-11/h4-7,10,13H,8-9H2,1-3H3,(H,16,17)(H,18,19)/t13-/m0/s1. The summed E-state index contributed by atoms with van der Waals surface area (Å²) in [5.74, 6) is -0.361. The Hall–Kier alpha value is -2.04. The number of nitrogens with one attached hydrogen (secondary N) is 1. The summed E-state index contributed by atoms with van der Waals surface area (Å²) in [7, 11) is 1.57. The van der Waals surface area contributed by atoms with Gasteiger partial charge in [0.25, 0.3) is 0 Å². The van der Waals surface area contributed by atoms with Crippen LogP contribution in [-0.2, 0) is 16.0 Å². The first-order valence-electron chi connectivity index (χ1n) is 6.57. The minimum Gasteiger partial charge on any atom is -0.497 e. The van der Waals surface area contributed by atoms with Gasteiger partial charge in [0, 0.05) is 0 Å². The SMILES string of the molecule is COc1ccc(CC(=O)N[C@@H](CC(C)C)C(=O)O)cc1. The van der Waals surface area contributed by atoms with E-state index in [1.54, 1.807) is 31.4 Å². The van der Waals surface area contributed by atoms with Crippen LogP contribution in [0.2, 0.25) is 0 Å². The smallest absolute Gasteiger partial charge is 0.326 e. The lowest BCUT2D eigenvalue weighted by Crippen LogP contribution is -2.42. The van der Waals surface area contributed by atoms with Crippen LogP contribution < -0.4 is 10.1 Å². The van der Waals surface area contributed by atoms with E-state index >= 15 is 0 Å². The van der Waals surface area contributed by atoms with Crippen molar-refractivity contribution in [1.82, 2.24) is 5.32 Å². The molecule has 0 spiro atoms. The van der Waals surface area contributed by atoms with Gasteiger partial charge in [-0.15, -0.1) is 0 Å². The number of carboxylic acid groups (broad SMARTS) is 1. The fourth-order valence-corrected chi connectivity index (χ4v) is 1.87. The number of carbonyl (C=O) groups excluding carboxylic acids is 1. The molecule has 110 valence electrons. The molecule has 1 aromatic carbocycles. The fourth-order valence-electron chi connectivity index (χ4n) is 1.87. The molecule has 5 heteroatoms. The molecule has 20 heavy (non-hydrogen) atoms. The fraction of sp³-hybridized carbons (Fsp3) is 0.467. The first-order chi connectivity index (χ1) is 9.42. The first-order valence-corrected chi connectivity index (χ1v) is 6.57. The van der Waals surface area contributed by atoms with Crippen molar-refractivity contribution >= 4 is 11.9 Å². The second-order valence-electron chi connectivity index (χ2n) is 5.11. The van der Waals surface area contributed by atoms with Crippen molar-refractivity contribution in [2.24, 2.45) is 5.92 Å². The van der Waals surface area contributed by atoms with Gasteiger partial charge in [0.15, 0.2) is 0 Å². The number of hydrogen-bond donors (Lipinski definition) is 2. The number of benzene rings is 1. The molecule has 0 saturated heterocycles. The predicted octanol–water partition coefficient (Wildman–Crippen LogP) is 1.85. The maximum absolute atomic E-state index is 11.9. The summed E-state index contributed by atoms with van der Waals surface area (Å²) in [6.07, 6.45) is 0.579. The zero-order valence-electron chi connectivity index (χ0n) is 12.1. The summed E-state index contributed by atoms with van der Waals surface area (Å²) < 4.78 is 5.04. The molecule has 1 atom stereocenters. The summed E-state index contributed by atoms with van der Waals surface area (Å²) in [6.45, 7) is 3.84. The molecule has 1 aromatic rings. The number of carbonyl (C=O) groups is 2. The van der Waals surface area contributed by atoms with Gasteiger partial charge in [-0.3, -0.25) is 4.79 Å². The van der Waals surface area contributed by atoms with E-state index in [1.807, 2.05) is 13.8 Å². The normalized spacial score (nSPS) is 12.0. The predicted molar refractivity (Wildman–Crippen MR) is 75.7 cm³/mol. The van der Waals surface area contributed by atoms with Gasteiger partial charge < -0.3 is 15.2 Å². The lowest BCUT2D eigenvalue weighted by Gasteiger charge is -2.16. The van der Waals surface area contributed by atoms with E-state index in [0.29, 0.717) is 6.42 Å². The molecule has 2 N–H and O–H groups in total. The molecule has 0 heterocycles. The van der Waals surface area contributed by atoms with Crippen LogP contribution >= 0.6 is 0 Å². The van der Waals surface area contributed by atoms with E-state index in [-0.39, 0.29) is 18.2 Å². The van der Waals surface area contributed by atoms with Crippen molar-refractivity contribution in [3.8, 4) is 5.75 Å². The Bertz CT molecular complexity index is 453. The molecular formula is C15H21NO4. The minimum atomic E-state index is -0.998. The summed E-state index contributed by atoms with van der Waals surface area (Å²) in [5, 5.41) is 11.6. The number of amides is 1. The highest BCUT2D eigenvalue weighted by atomic mass is 16.5. The molecular weight excluding hydrogens is 258 g/mol. The second-order valence-corrected chi connectivity index (χ2v) is 5.11. The van der Waals surface area contributed by atoms with Crippen molar-refractivity contribution < 1.29 is 19.4 Å². The van der Waals surface area contributed by atoms with Gasteiger partial charge in [0.1, 0.15) is 11.8 Å². The minimum absolute atomic E-state index is 0.159. The number of carboxylic acids is 1. The molecule has 1 amide bonds. The van der Waals surface area contributed by atoms with E-state index in [2.05, 4.69) is 5.32 Å². The van der Waals surface area contributed by atoms with Crippen molar-refractivity contribution in [3.63, 3.8) is 0 Å². The quantitative estimate of drug-likeness (QED) is 0.798. The van der Waals surface area contributed by atoms with Crippen LogP contribution in [0.15, 0.2) is 24.3 Å². The van der Waals surface area contributed by atoms with Gasteiger partial charge in [-0.05, 0) is 30.0 Å². The molecule has 0 bridgehead atoms. The molecule has 0 radical (unpaired) electrons. The largest absolute Gasteiger partial charge is 0.497 e. The van der Waals surface area contributed by atoms with Crippen LogP contribution in [0.3, 0.4) is 0 Å². The summed E-state index contributed by atoms with van der Waals surface area (Å²) in [5.41, 5.74) is 0.817. The Morgan fingerprint density at radius 3 is 2.30 bits per heavy atom. The van der Waals surface area contributed by atoms with Crippen molar-refractivity contribution in [3.05, 3.63) is 29.8 Å². The maximum Gasteiger partial charge on any atom is 0.326 e. The highest BCUT2D eigenvalue weighted by Crippen LogP contribution is 2.12. The molecule has 1 rings (SSSR count). The van der Waals surface area contributed by atoms with Crippen LogP contribution in [0.25, 0.3) is 0 Å². The number of aliphatic carboxylic acids is 1. The number of ether oxygens (including phenoxy) is 1. The third-order valence-corrected chi connectivity index (χ3v) is 2.86. The molecule has 0 aliphatic carbocycles. The highest BCUT2D eigenvalue weighted by Gasteiger charge is 2.20. The average molecular weight is 279 g/mol. The molecule has 0 aliphatic rings. The topological polar surface area (TPSA) is 75.6 Å². The Morgan fingerprint density at radius 1 is 1.25 bits per heavy atom. The van der Waals surface area contributed by atoms with E-state index in [0.717, 1.165) is 11.3 Å². The van der Waals surface area contributed by atoms with Crippen molar-refractivity contribution in [2.45, 2.75) is 32.7 Å². The Balaban J connectivity index is 2.58. The van der Waals surface area contributed by atoms with Crippen LogP contribution in [-0.4, -0.2) is 30.1 Å². The van der Waals surface area contributed by atoms with Crippen molar-refractivity contribution in [1.29, 1.82) is 0 Å². The first kappa shape index (κ1) is 16.0.